The first-order valence-corrected chi connectivity index (χ1v) is 7.68. The number of benzene rings is 1. The van der Waals surface area contributed by atoms with Gasteiger partial charge in [-0.3, -0.25) is 9.59 Å². The Labute approximate surface area is 141 Å². The van der Waals surface area contributed by atoms with Crippen LogP contribution in [-0.2, 0) is 6.42 Å². The number of aromatic nitrogens is 1. The van der Waals surface area contributed by atoms with Gasteiger partial charge < -0.3 is 19.8 Å². The van der Waals surface area contributed by atoms with E-state index < -0.39 is 0 Å². The minimum atomic E-state index is -0.297. The number of hydrogen-bond acceptors (Lipinski definition) is 4. The topological polar surface area (TPSA) is 80.4 Å². The number of carbonyl (C=O) groups excluding carboxylic acids is 2. The number of Topliss-reactive ketones (excluding diaryl/α,β-unsaturated/α-hetero) is 1. The maximum Gasteiger partial charge on any atom is 0.272 e. The molecule has 1 aromatic heterocycles. The lowest BCUT2D eigenvalue weighted by Crippen LogP contribution is -2.15. The third kappa shape index (κ3) is 3.27. The van der Waals surface area contributed by atoms with Crippen LogP contribution in [0.4, 0.5) is 5.69 Å². The molecule has 2 rings (SSSR count). The lowest BCUT2D eigenvalue weighted by atomic mass is 10.0. The second kappa shape index (κ2) is 7.21. The number of methoxy groups -OCH3 is 2. The molecule has 0 atom stereocenters. The summed E-state index contributed by atoms with van der Waals surface area (Å²) in [4.78, 5) is 27.5. The van der Waals surface area contributed by atoms with Gasteiger partial charge in [-0.1, -0.05) is 6.92 Å². The molecule has 0 fully saturated rings. The predicted octanol–water partition coefficient (Wildman–Crippen LogP) is 3.36. The molecule has 6 heteroatoms. The normalized spacial score (nSPS) is 10.4. The van der Waals surface area contributed by atoms with Crippen molar-refractivity contribution >= 4 is 17.4 Å². The largest absolute Gasteiger partial charge is 0.493 e. The van der Waals surface area contributed by atoms with Gasteiger partial charge in [0, 0.05) is 23.0 Å². The molecule has 1 aromatic carbocycles. The van der Waals surface area contributed by atoms with Crippen LogP contribution in [0.2, 0.25) is 0 Å². The van der Waals surface area contributed by atoms with Gasteiger partial charge in [-0.05, 0) is 38.0 Å². The fourth-order valence-corrected chi connectivity index (χ4v) is 2.81. The Kier molecular flexibility index (Phi) is 5.28. The highest BCUT2D eigenvalue weighted by molar-refractivity contribution is 6.07. The van der Waals surface area contributed by atoms with Crippen molar-refractivity contribution in [3.8, 4) is 11.5 Å². The van der Waals surface area contributed by atoms with Gasteiger partial charge in [0.25, 0.3) is 5.91 Å². The standard InChI is InChI=1S/C18H22N2O4/c1-6-13-16(11(3)21)10(2)19-17(13)18(22)20-12-7-8-14(23-4)15(9-12)24-5/h7-9,19H,6H2,1-5H3,(H,20,22). The van der Waals surface area contributed by atoms with Gasteiger partial charge in [0.15, 0.2) is 17.3 Å². The lowest BCUT2D eigenvalue weighted by molar-refractivity contribution is 0.101. The average Bonchev–Trinajstić information content (AvgIpc) is 2.91. The van der Waals surface area contributed by atoms with Gasteiger partial charge in [-0.2, -0.15) is 0 Å². The van der Waals surface area contributed by atoms with Gasteiger partial charge in [-0.15, -0.1) is 0 Å². The smallest absolute Gasteiger partial charge is 0.272 e. The van der Waals surface area contributed by atoms with Crippen molar-refractivity contribution in [1.29, 1.82) is 0 Å². The van der Waals surface area contributed by atoms with E-state index in [4.69, 9.17) is 9.47 Å². The highest BCUT2D eigenvalue weighted by atomic mass is 16.5. The number of H-pyrrole nitrogens is 1. The van der Waals surface area contributed by atoms with E-state index in [9.17, 15) is 9.59 Å². The van der Waals surface area contributed by atoms with Gasteiger partial charge in [-0.25, -0.2) is 0 Å². The molecule has 128 valence electrons. The zero-order valence-electron chi connectivity index (χ0n) is 14.6. The molecule has 0 saturated carbocycles. The summed E-state index contributed by atoms with van der Waals surface area (Å²) in [5.41, 5.74) is 3.02. The number of aromatic amines is 1. The van der Waals surface area contributed by atoms with Gasteiger partial charge in [0.05, 0.1) is 14.2 Å². The van der Waals surface area contributed by atoms with Crippen LogP contribution < -0.4 is 14.8 Å². The molecule has 2 aromatic rings. The Morgan fingerprint density at radius 2 is 1.83 bits per heavy atom. The fraction of sp³-hybridized carbons (Fsp3) is 0.333. The number of ketones is 1. The zero-order valence-corrected chi connectivity index (χ0v) is 14.6. The molecule has 0 aliphatic rings. The van der Waals surface area contributed by atoms with Crippen LogP contribution in [0.1, 0.15) is 46.0 Å². The molecule has 0 saturated heterocycles. The van der Waals surface area contributed by atoms with Crippen molar-refractivity contribution in [3.05, 3.63) is 40.7 Å². The summed E-state index contributed by atoms with van der Waals surface area (Å²) in [5, 5.41) is 2.82. The summed E-state index contributed by atoms with van der Waals surface area (Å²) in [6.45, 7) is 5.22. The SMILES string of the molecule is CCc1c(C(=O)Nc2ccc(OC)c(OC)c2)[nH]c(C)c1C(C)=O. The number of carbonyl (C=O) groups is 2. The highest BCUT2D eigenvalue weighted by Crippen LogP contribution is 2.30. The third-order valence-corrected chi connectivity index (χ3v) is 3.87. The van der Waals surface area contributed by atoms with Crippen molar-refractivity contribution < 1.29 is 19.1 Å². The molecule has 0 radical (unpaired) electrons. The van der Waals surface area contributed by atoms with Gasteiger partial charge in [0.2, 0.25) is 0 Å². The van der Waals surface area contributed by atoms with E-state index in [1.165, 1.54) is 14.0 Å². The molecule has 1 heterocycles. The number of ether oxygens (including phenoxy) is 2. The molecule has 0 spiro atoms. The molecule has 0 bridgehead atoms. The summed E-state index contributed by atoms with van der Waals surface area (Å²) >= 11 is 0. The maximum atomic E-state index is 12.6. The second-order valence-corrected chi connectivity index (χ2v) is 5.41. The van der Waals surface area contributed by atoms with Crippen LogP contribution >= 0.6 is 0 Å². The Bertz CT molecular complexity index is 778. The molecular formula is C18H22N2O4. The molecule has 0 unspecified atom stereocenters. The Morgan fingerprint density at radius 3 is 2.38 bits per heavy atom. The summed E-state index contributed by atoms with van der Waals surface area (Å²) in [5.74, 6) is 0.762. The number of anilines is 1. The number of nitrogens with one attached hydrogen (secondary N) is 2. The summed E-state index contributed by atoms with van der Waals surface area (Å²) < 4.78 is 10.4. The summed E-state index contributed by atoms with van der Waals surface area (Å²) in [6.07, 6.45) is 0.591. The number of rotatable bonds is 6. The minimum absolute atomic E-state index is 0.0502. The van der Waals surface area contributed by atoms with Crippen molar-refractivity contribution in [2.75, 3.05) is 19.5 Å². The number of amides is 1. The van der Waals surface area contributed by atoms with E-state index in [-0.39, 0.29) is 11.7 Å². The van der Waals surface area contributed by atoms with Crippen LogP contribution in [0.15, 0.2) is 18.2 Å². The molecule has 2 N–H and O–H groups in total. The van der Waals surface area contributed by atoms with E-state index in [1.807, 2.05) is 6.92 Å². The first-order valence-electron chi connectivity index (χ1n) is 7.68. The van der Waals surface area contributed by atoms with E-state index in [0.29, 0.717) is 40.6 Å². The number of hydrogen-bond donors (Lipinski definition) is 2. The van der Waals surface area contributed by atoms with Crippen LogP contribution in [-0.4, -0.2) is 30.9 Å². The monoisotopic (exact) mass is 330 g/mol. The molecule has 0 aliphatic heterocycles. The summed E-state index contributed by atoms with van der Waals surface area (Å²) in [6, 6.07) is 5.13. The predicted molar refractivity (Wildman–Crippen MR) is 92.4 cm³/mol. The molecule has 1 amide bonds. The van der Waals surface area contributed by atoms with Crippen LogP contribution in [0.25, 0.3) is 0 Å². The molecule has 24 heavy (non-hydrogen) atoms. The maximum absolute atomic E-state index is 12.6. The van der Waals surface area contributed by atoms with Gasteiger partial charge >= 0.3 is 0 Å². The number of aryl methyl sites for hydroxylation is 1. The first-order chi connectivity index (χ1) is 11.4. The third-order valence-electron chi connectivity index (χ3n) is 3.87. The van der Waals surface area contributed by atoms with E-state index >= 15 is 0 Å². The molecule has 6 nitrogen and oxygen atoms in total. The van der Waals surface area contributed by atoms with E-state index in [2.05, 4.69) is 10.3 Å². The Balaban J connectivity index is 2.34. The first kappa shape index (κ1) is 17.6. The Hall–Kier alpha value is -2.76. The van der Waals surface area contributed by atoms with Crippen LogP contribution in [0.5, 0.6) is 11.5 Å². The lowest BCUT2D eigenvalue weighted by Gasteiger charge is -2.11. The van der Waals surface area contributed by atoms with E-state index in [1.54, 1.807) is 32.2 Å². The van der Waals surface area contributed by atoms with Crippen LogP contribution in [0.3, 0.4) is 0 Å². The van der Waals surface area contributed by atoms with Crippen molar-refractivity contribution in [1.82, 2.24) is 4.98 Å². The fourth-order valence-electron chi connectivity index (χ4n) is 2.81. The second-order valence-electron chi connectivity index (χ2n) is 5.41. The van der Waals surface area contributed by atoms with E-state index in [0.717, 1.165) is 5.56 Å². The zero-order chi connectivity index (χ0) is 17.9. The molecule has 0 aliphatic carbocycles. The van der Waals surface area contributed by atoms with Crippen LogP contribution in [0, 0.1) is 6.92 Å². The van der Waals surface area contributed by atoms with Crippen molar-refractivity contribution in [2.24, 2.45) is 0 Å². The van der Waals surface area contributed by atoms with Gasteiger partial charge in [0.1, 0.15) is 5.69 Å². The summed E-state index contributed by atoms with van der Waals surface area (Å²) in [7, 11) is 3.08. The van der Waals surface area contributed by atoms with Crippen molar-refractivity contribution in [2.45, 2.75) is 27.2 Å². The average molecular weight is 330 g/mol. The van der Waals surface area contributed by atoms with Crippen molar-refractivity contribution in [3.63, 3.8) is 0 Å². The minimum Gasteiger partial charge on any atom is -0.493 e. The Morgan fingerprint density at radius 1 is 1.17 bits per heavy atom. The highest BCUT2D eigenvalue weighted by Gasteiger charge is 2.21. The molecular weight excluding hydrogens is 308 g/mol. The quantitative estimate of drug-likeness (QED) is 0.796.